The fourth-order valence-corrected chi connectivity index (χ4v) is 2.67. The number of anilines is 1. The Morgan fingerprint density at radius 3 is 2.82 bits per heavy atom. The van der Waals surface area contributed by atoms with Crippen molar-refractivity contribution in [2.24, 2.45) is 5.92 Å². The average Bonchev–Trinajstić information content (AvgIpc) is 2.84. The van der Waals surface area contributed by atoms with Crippen LogP contribution in [0.1, 0.15) is 29.2 Å². The summed E-state index contributed by atoms with van der Waals surface area (Å²) in [6, 6.07) is 5.58. The van der Waals surface area contributed by atoms with Crippen molar-refractivity contribution in [1.29, 1.82) is 0 Å². The maximum atomic E-state index is 12.2. The molecular formula is C14H15F2N3O2S. The standard InChI is InChI=1S/C14H15F2N3O2S/c1-8(2)6-11-18-19-14(22-11)17-12(20)9-4-3-5-10(7-9)21-13(15)16/h3-5,7-8,13H,6H2,1-2H3,(H,17,19,20). The molecule has 0 aliphatic heterocycles. The minimum Gasteiger partial charge on any atom is -0.435 e. The first-order valence-corrected chi connectivity index (χ1v) is 7.44. The van der Waals surface area contributed by atoms with Crippen molar-refractivity contribution in [2.45, 2.75) is 26.9 Å². The van der Waals surface area contributed by atoms with Gasteiger partial charge in [-0.25, -0.2) is 0 Å². The Hall–Kier alpha value is -2.09. The fraction of sp³-hybridized carbons (Fsp3) is 0.357. The minimum absolute atomic E-state index is 0.0691. The van der Waals surface area contributed by atoms with Crippen LogP contribution in [-0.2, 0) is 6.42 Å². The van der Waals surface area contributed by atoms with Gasteiger partial charge in [0.25, 0.3) is 5.91 Å². The summed E-state index contributed by atoms with van der Waals surface area (Å²) in [4.78, 5) is 12.1. The van der Waals surface area contributed by atoms with Gasteiger partial charge in [-0.1, -0.05) is 31.3 Å². The predicted octanol–water partition coefficient (Wildman–Crippen LogP) is 3.59. The second-order valence-corrected chi connectivity index (χ2v) is 6.02. The van der Waals surface area contributed by atoms with Gasteiger partial charge in [0.05, 0.1) is 0 Å². The molecule has 0 unspecified atom stereocenters. The van der Waals surface area contributed by atoms with E-state index in [0.717, 1.165) is 11.4 Å². The maximum absolute atomic E-state index is 12.2. The number of aromatic nitrogens is 2. The van der Waals surface area contributed by atoms with Crippen LogP contribution in [-0.4, -0.2) is 22.7 Å². The predicted molar refractivity (Wildman–Crippen MR) is 79.5 cm³/mol. The van der Waals surface area contributed by atoms with Crippen molar-refractivity contribution < 1.29 is 18.3 Å². The number of hydrogen-bond acceptors (Lipinski definition) is 5. The Morgan fingerprint density at radius 2 is 2.14 bits per heavy atom. The summed E-state index contributed by atoms with van der Waals surface area (Å²) in [6.45, 7) is 1.20. The molecule has 2 rings (SSSR count). The van der Waals surface area contributed by atoms with Crippen molar-refractivity contribution in [3.63, 3.8) is 0 Å². The summed E-state index contributed by atoms with van der Waals surface area (Å²) < 4.78 is 28.6. The molecule has 22 heavy (non-hydrogen) atoms. The van der Waals surface area contributed by atoms with E-state index in [0.29, 0.717) is 11.0 Å². The van der Waals surface area contributed by atoms with E-state index in [1.54, 1.807) is 0 Å². The molecule has 0 aliphatic carbocycles. The highest BCUT2D eigenvalue weighted by Gasteiger charge is 2.12. The number of carbonyl (C=O) groups is 1. The van der Waals surface area contributed by atoms with Crippen molar-refractivity contribution in [2.75, 3.05) is 5.32 Å². The van der Waals surface area contributed by atoms with Crippen LogP contribution in [0.4, 0.5) is 13.9 Å². The zero-order valence-corrected chi connectivity index (χ0v) is 12.9. The molecule has 1 aromatic heterocycles. The molecular weight excluding hydrogens is 312 g/mol. The highest BCUT2D eigenvalue weighted by molar-refractivity contribution is 7.15. The van der Waals surface area contributed by atoms with Gasteiger partial charge in [0, 0.05) is 12.0 Å². The van der Waals surface area contributed by atoms with E-state index in [9.17, 15) is 13.6 Å². The third kappa shape index (κ3) is 4.73. The van der Waals surface area contributed by atoms with Crippen LogP contribution < -0.4 is 10.1 Å². The van der Waals surface area contributed by atoms with Crippen LogP contribution in [0.3, 0.4) is 0 Å². The molecule has 1 aromatic carbocycles. The normalized spacial score (nSPS) is 11.0. The zero-order valence-electron chi connectivity index (χ0n) is 12.0. The van der Waals surface area contributed by atoms with E-state index in [1.807, 2.05) is 0 Å². The van der Waals surface area contributed by atoms with Gasteiger partial charge in [0.15, 0.2) is 0 Å². The van der Waals surface area contributed by atoms with Crippen LogP contribution >= 0.6 is 11.3 Å². The molecule has 118 valence electrons. The van der Waals surface area contributed by atoms with E-state index in [4.69, 9.17) is 0 Å². The number of alkyl halides is 2. The van der Waals surface area contributed by atoms with E-state index in [1.165, 1.54) is 35.6 Å². The Morgan fingerprint density at radius 1 is 1.36 bits per heavy atom. The van der Waals surface area contributed by atoms with Crippen molar-refractivity contribution in [3.05, 3.63) is 34.8 Å². The monoisotopic (exact) mass is 327 g/mol. The highest BCUT2D eigenvalue weighted by atomic mass is 32.1. The van der Waals surface area contributed by atoms with Gasteiger partial charge >= 0.3 is 6.61 Å². The molecule has 1 heterocycles. The summed E-state index contributed by atoms with van der Waals surface area (Å²) in [5.41, 5.74) is 0.207. The molecule has 0 saturated carbocycles. The van der Waals surface area contributed by atoms with E-state index in [2.05, 4.69) is 34.1 Å². The topological polar surface area (TPSA) is 64.1 Å². The SMILES string of the molecule is CC(C)Cc1nnc(NC(=O)c2cccc(OC(F)F)c2)s1. The third-order valence-corrected chi connectivity index (χ3v) is 3.45. The Kier molecular flexibility index (Phi) is 5.37. The lowest BCUT2D eigenvalue weighted by atomic mass is 10.1. The number of ether oxygens (including phenoxy) is 1. The Labute approximate surface area is 130 Å². The molecule has 2 aromatic rings. The Bertz CT molecular complexity index is 647. The largest absolute Gasteiger partial charge is 0.435 e. The molecule has 0 fully saturated rings. The first-order chi connectivity index (χ1) is 10.4. The molecule has 0 saturated heterocycles. The maximum Gasteiger partial charge on any atom is 0.387 e. The summed E-state index contributed by atoms with van der Waals surface area (Å²) in [6.07, 6.45) is 0.783. The number of amides is 1. The summed E-state index contributed by atoms with van der Waals surface area (Å²) in [5, 5.41) is 11.7. The van der Waals surface area contributed by atoms with E-state index in [-0.39, 0.29) is 11.3 Å². The molecule has 0 spiro atoms. The molecule has 1 amide bonds. The quantitative estimate of drug-likeness (QED) is 0.880. The van der Waals surface area contributed by atoms with Gasteiger partial charge in [-0.05, 0) is 24.1 Å². The summed E-state index contributed by atoms with van der Waals surface area (Å²) in [7, 11) is 0. The number of nitrogens with zero attached hydrogens (tertiary/aromatic N) is 2. The molecule has 0 aliphatic rings. The van der Waals surface area contributed by atoms with Crippen LogP contribution in [0.5, 0.6) is 5.75 Å². The molecule has 0 atom stereocenters. The first kappa shape index (κ1) is 16.3. The first-order valence-electron chi connectivity index (χ1n) is 6.62. The second kappa shape index (κ2) is 7.26. The number of benzene rings is 1. The van der Waals surface area contributed by atoms with Crippen LogP contribution in [0.2, 0.25) is 0 Å². The van der Waals surface area contributed by atoms with Gasteiger partial charge in [-0.15, -0.1) is 10.2 Å². The molecule has 0 radical (unpaired) electrons. The van der Waals surface area contributed by atoms with Crippen LogP contribution in [0, 0.1) is 5.92 Å². The van der Waals surface area contributed by atoms with Crippen molar-refractivity contribution in [1.82, 2.24) is 10.2 Å². The van der Waals surface area contributed by atoms with Gasteiger partial charge in [-0.3, -0.25) is 10.1 Å². The van der Waals surface area contributed by atoms with Crippen LogP contribution in [0.25, 0.3) is 0 Å². The minimum atomic E-state index is -2.93. The molecule has 8 heteroatoms. The fourth-order valence-electron chi connectivity index (χ4n) is 1.72. The lowest BCUT2D eigenvalue weighted by molar-refractivity contribution is -0.0498. The number of hydrogen-bond donors (Lipinski definition) is 1. The summed E-state index contributed by atoms with van der Waals surface area (Å²) >= 11 is 1.29. The van der Waals surface area contributed by atoms with E-state index >= 15 is 0 Å². The lowest BCUT2D eigenvalue weighted by Crippen LogP contribution is -2.12. The number of halogens is 2. The average molecular weight is 327 g/mol. The van der Waals surface area contributed by atoms with Gasteiger partial charge in [0.2, 0.25) is 5.13 Å². The van der Waals surface area contributed by atoms with E-state index < -0.39 is 12.5 Å². The highest BCUT2D eigenvalue weighted by Crippen LogP contribution is 2.20. The number of nitrogens with one attached hydrogen (secondary N) is 1. The van der Waals surface area contributed by atoms with Crippen LogP contribution in [0.15, 0.2) is 24.3 Å². The third-order valence-electron chi connectivity index (χ3n) is 2.59. The number of carbonyl (C=O) groups excluding carboxylic acids is 1. The Balaban J connectivity index is 2.04. The van der Waals surface area contributed by atoms with Gasteiger partial charge in [0.1, 0.15) is 10.8 Å². The smallest absolute Gasteiger partial charge is 0.387 e. The molecule has 5 nitrogen and oxygen atoms in total. The molecule has 0 bridgehead atoms. The number of rotatable bonds is 6. The second-order valence-electron chi connectivity index (χ2n) is 4.96. The van der Waals surface area contributed by atoms with Crippen molar-refractivity contribution >= 4 is 22.4 Å². The summed E-state index contributed by atoms with van der Waals surface area (Å²) in [5.74, 6) is -0.0768. The van der Waals surface area contributed by atoms with Gasteiger partial charge < -0.3 is 4.74 Å². The molecule has 1 N–H and O–H groups in total. The lowest BCUT2D eigenvalue weighted by Gasteiger charge is -2.06. The zero-order chi connectivity index (χ0) is 16.1. The van der Waals surface area contributed by atoms with Gasteiger partial charge in [-0.2, -0.15) is 8.78 Å². The van der Waals surface area contributed by atoms with Crippen molar-refractivity contribution in [3.8, 4) is 5.75 Å².